The predicted molar refractivity (Wildman–Crippen MR) is 139 cm³/mol. The molecule has 3 aromatic carbocycles. The molecule has 0 saturated carbocycles. The summed E-state index contributed by atoms with van der Waals surface area (Å²) in [6.07, 6.45) is 4.89. The minimum absolute atomic E-state index is 0.0201. The maximum absolute atomic E-state index is 13.6. The van der Waals surface area contributed by atoms with Gasteiger partial charge in [0.1, 0.15) is 11.5 Å². The van der Waals surface area contributed by atoms with Gasteiger partial charge in [0.25, 0.3) is 11.8 Å². The number of aromatic hydroxyl groups is 1. The van der Waals surface area contributed by atoms with Gasteiger partial charge in [-0.1, -0.05) is 36.4 Å². The summed E-state index contributed by atoms with van der Waals surface area (Å²) < 4.78 is 5.19. The molecule has 2 aliphatic rings. The summed E-state index contributed by atoms with van der Waals surface area (Å²) >= 11 is 0. The van der Waals surface area contributed by atoms with Crippen molar-refractivity contribution in [2.75, 3.05) is 25.1 Å². The van der Waals surface area contributed by atoms with E-state index in [1.54, 1.807) is 47.4 Å². The number of hydrogen-bond donors (Lipinski definition) is 1. The maximum atomic E-state index is 13.6. The van der Waals surface area contributed by atoms with Gasteiger partial charge >= 0.3 is 0 Å². The van der Waals surface area contributed by atoms with Crippen molar-refractivity contribution in [3.8, 4) is 11.5 Å². The van der Waals surface area contributed by atoms with Crippen LogP contribution in [-0.4, -0.2) is 47.9 Å². The van der Waals surface area contributed by atoms with Crippen molar-refractivity contribution in [1.82, 2.24) is 4.90 Å². The molecule has 0 bridgehead atoms. The number of benzene rings is 3. The normalized spacial score (nSPS) is 16.9. The molecule has 2 aliphatic heterocycles. The zero-order valence-electron chi connectivity index (χ0n) is 20.1. The molecule has 1 saturated heterocycles. The Bertz CT molecular complexity index is 1340. The number of piperidine rings is 1. The van der Waals surface area contributed by atoms with Gasteiger partial charge in [-0.15, -0.1) is 0 Å². The molecule has 7 heteroatoms. The Hall–Kier alpha value is -4.39. The van der Waals surface area contributed by atoms with Gasteiger partial charge in [0.2, 0.25) is 0 Å². The molecular weight excluding hydrogens is 454 g/mol. The second-order valence-corrected chi connectivity index (χ2v) is 8.80. The van der Waals surface area contributed by atoms with Crippen molar-refractivity contribution in [2.24, 2.45) is 4.99 Å². The Labute approximate surface area is 210 Å². The molecule has 0 aliphatic carbocycles. The molecule has 1 N–H and O–H groups in total. The highest BCUT2D eigenvalue weighted by Crippen LogP contribution is 2.31. The highest BCUT2D eigenvalue weighted by atomic mass is 16.5. The fourth-order valence-electron chi connectivity index (χ4n) is 4.51. The summed E-state index contributed by atoms with van der Waals surface area (Å²) in [5, 5.41) is 9.90. The van der Waals surface area contributed by atoms with Crippen LogP contribution in [0.1, 0.15) is 40.7 Å². The first-order valence-electron chi connectivity index (χ1n) is 12.0. The van der Waals surface area contributed by atoms with E-state index in [9.17, 15) is 14.7 Å². The van der Waals surface area contributed by atoms with Gasteiger partial charge in [0.05, 0.1) is 12.8 Å². The summed E-state index contributed by atoms with van der Waals surface area (Å²) in [5.74, 6) is 0.580. The molecule has 0 atom stereocenters. The molecule has 0 aromatic heterocycles. The van der Waals surface area contributed by atoms with Crippen LogP contribution in [0.2, 0.25) is 0 Å². The van der Waals surface area contributed by atoms with Crippen molar-refractivity contribution in [3.05, 3.63) is 95.2 Å². The maximum Gasteiger partial charge on any atom is 0.282 e. The Morgan fingerprint density at radius 3 is 2.39 bits per heavy atom. The van der Waals surface area contributed by atoms with Crippen LogP contribution in [0.25, 0.3) is 6.08 Å². The summed E-state index contributed by atoms with van der Waals surface area (Å²) in [6.45, 7) is 1.57. The van der Waals surface area contributed by atoms with Crippen LogP contribution < -0.4 is 9.64 Å². The summed E-state index contributed by atoms with van der Waals surface area (Å²) in [5.41, 5.74) is 2.97. The quantitative estimate of drug-likeness (QED) is 0.528. The van der Waals surface area contributed by atoms with E-state index in [4.69, 9.17) is 4.74 Å². The summed E-state index contributed by atoms with van der Waals surface area (Å²) in [4.78, 5) is 34.6. The number of ether oxygens (including phenoxy) is 1. The number of rotatable bonds is 5. The summed E-state index contributed by atoms with van der Waals surface area (Å²) in [6, 6.07) is 21.5. The Morgan fingerprint density at radius 2 is 1.69 bits per heavy atom. The smallest absolute Gasteiger partial charge is 0.282 e. The SMILES string of the molecule is COc1cc(/C=C2/N=C(c3ccccc3)N(c3ccc(C(=O)N4CCCCC4)cc3)C2=O)ccc1O. The van der Waals surface area contributed by atoms with E-state index in [-0.39, 0.29) is 23.3 Å². The lowest BCUT2D eigenvalue weighted by atomic mass is 10.1. The lowest BCUT2D eigenvalue weighted by Crippen LogP contribution is -2.35. The number of amidine groups is 1. The number of phenolic OH excluding ortho intramolecular Hbond substituents is 1. The molecule has 7 nitrogen and oxygen atoms in total. The van der Waals surface area contributed by atoms with Crippen LogP contribution in [0.5, 0.6) is 11.5 Å². The Kier molecular flexibility index (Phi) is 6.54. The molecule has 182 valence electrons. The molecule has 2 heterocycles. The largest absolute Gasteiger partial charge is 0.504 e. The number of aliphatic imine (C=N–C) groups is 1. The number of methoxy groups -OCH3 is 1. The highest BCUT2D eigenvalue weighted by Gasteiger charge is 2.32. The van der Waals surface area contributed by atoms with E-state index in [1.165, 1.54) is 13.2 Å². The number of nitrogens with zero attached hydrogens (tertiary/aromatic N) is 3. The average Bonchev–Trinajstić information content (AvgIpc) is 3.26. The van der Waals surface area contributed by atoms with Gasteiger partial charge in [-0.25, -0.2) is 4.99 Å². The lowest BCUT2D eigenvalue weighted by Gasteiger charge is -2.27. The van der Waals surface area contributed by atoms with Crippen LogP contribution in [0, 0.1) is 0 Å². The van der Waals surface area contributed by atoms with Gasteiger partial charge < -0.3 is 14.7 Å². The van der Waals surface area contributed by atoms with Gasteiger partial charge in [-0.3, -0.25) is 14.5 Å². The number of carbonyl (C=O) groups excluding carboxylic acids is 2. The third-order valence-corrected chi connectivity index (χ3v) is 6.42. The molecule has 1 fully saturated rings. The number of amides is 2. The van der Waals surface area contributed by atoms with Crippen LogP contribution in [-0.2, 0) is 4.79 Å². The van der Waals surface area contributed by atoms with E-state index in [1.807, 2.05) is 35.2 Å². The van der Waals surface area contributed by atoms with E-state index in [2.05, 4.69) is 4.99 Å². The second kappa shape index (κ2) is 10.1. The van der Waals surface area contributed by atoms with E-state index >= 15 is 0 Å². The first-order chi connectivity index (χ1) is 17.5. The van der Waals surface area contributed by atoms with Crippen molar-refractivity contribution in [2.45, 2.75) is 19.3 Å². The third kappa shape index (κ3) is 4.60. The van der Waals surface area contributed by atoms with Crippen LogP contribution in [0.15, 0.2) is 83.5 Å². The number of phenols is 1. The molecule has 3 aromatic rings. The Balaban J connectivity index is 1.49. The van der Waals surface area contributed by atoms with Gasteiger partial charge in [0, 0.05) is 24.2 Å². The van der Waals surface area contributed by atoms with E-state index < -0.39 is 0 Å². The van der Waals surface area contributed by atoms with Crippen LogP contribution in [0.3, 0.4) is 0 Å². The van der Waals surface area contributed by atoms with Gasteiger partial charge in [0.15, 0.2) is 11.5 Å². The monoisotopic (exact) mass is 481 g/mol. The molecular formula is C29H27N3O4. The van der Waals surface area contributed by atoms with Gasteiger partial charge in [-0.05, 0) is 67.3 Å². The molecule has 0 radical (unpaired) electrons. The Morgan fingerprint density at radius 1 is 0.972 bits per heavy atom. The van der Waals surface area contributed by atoms with Crippen molar-refractivity contribution in [1.29, 1.82) is 0 Å². The van der Waals surface area contributed by atoms with Crippen molar-refractivity contribution in [3.63, 3.8) is 0 Å². The minimum Gasteiger partial charge on any atom is -0.504 e. The van der Waals surface area contributed by atoms with Gasteiger partial charge in [-0.2, -0.15) is 0 Å². The number of carbonyl (C=O) groups is 2. The summed E-state index contributed by atoms with van der Waals surface area (Å²) in [7, 11) is 1.47. The zero-order valence-corrected chi connectivity index (χ0v) is 20.1. The molecule has 36 heavy (non-hydrogen) atoms. The fourth-order valence-corrected chi connectivity index (χ4v) is 4.51. The fraction of sp³-hybridized carbons (Fsp3) is 0.207. The zero-order chi connectivity index (χ0) is 25.1. The van der Waals surface area contributed by atoms with E-state index in [0.29, 0.717) is 28.4 Å². The number of hydrogen-bond acceptors (Lipinski definition) is 5. The first kappa shape index (κ1) is 23.4. The average molecular weight is 482 g/mol. The second-order valence-electron chi connectivity index (χ2n) is 8.80. The van der Waals surface area contributed by atoms with Crippen LogP contribution >= 0.6 is 0 Å². The lowest BCUT2D eigenvalue weighted by molar-refractivity contribution is -0.113. The van der Waals surface area contributed by atoms with E-state index in [0.717, 1.165) is 37.9 Å². The third-order valence-electron chi connectivity index (χ3n) is 6.42. The van der Waals surface area contributed by atoms with Crippen LogP contribution in [0.4, 0.5) is 5.69 Å². The number of anilines is 1. The molecule has 2 amide bonds. The topological polar surface area (TPSA) is 82.4 Å². The predicted octanol–water partition coefficient (Wildman–Crippen LogP) is 4.86. The number of likely N-dealkylation sites (tertiary alicyclic amines) is 1. The van der Waals surface area contributed by atoms with Crippen molar-refractivity contribution >= 4 is 29.4 Å². The highest BCUT2D eigenvalue weighted by molar-refractivity contribution is 6.33. The molecule has 5 rings (SSSR count). The molecule has 0 spiro atoms. The standard InChI is InChI=1S/C29H27N3O4/c1-36-26-19-20(10-15-25(26)33)18-24-29(35)32(27(30-24)21-8-4-2-5-9-21)23-13-11-22(12-14-23)28(34)31-16-6-3-7-17-31/h2,4-5,8-15,18-19,33H,3,6-7,16-17H2,1H3/b24-18+. The minimum atomic E-state index is -0.281. The molecule has 0 unspecified atom stereocenters. The van der Waals surface area contributed by atoms with Crippen molar-refractivity contribution < 1.29 is 19.4 Å². The first-order valence-corrected chi connectivity index (χ1v) is 12.0.